The molecule has 1 atom stereocenters. The summed E-state index contributed by atoms with van der Waals surface area (Å²) in [6.07, 6.45) is 0. The molecule has 0 saturated heterocycles. The van der Waals surface area contributed by atoms with Crippen LogP contribution >= 0.6 is 0 Å². The predicted molar refractivity (Wildman–Crippen MR) is 58.2 cm³/mol. The Balaban J connectivity index is 3.35. The van der Waals surface area contributed by atoms with Crippen molar-refractivity contribution in [2.45, 2.75) is 16.7 Å². The molecule has 102 valence electrons. The van der Waals surface area contributed by atoms with Crippen LogP contribution < -0.4 is 0 Å². The maximum absolute atomic E-state index is 11.4. The maximum atomic E-state index is 11.4. The van der Waals surface area contributed by atoms with Crippen molar-refractivity contribution in [1.29, 1.82) is 0 Å². The summed E-state index contributed by atoms with van der Waals surface area (Å²) in [5, 5.41) is 0. The molecular weight excluding hydrogens is 308 g/mol. The van der Waals surface area contributed by atoms with Crippen LogP contribution in [0, 0.1) is 6.92 Å². The van der Waals surface area contributed by atoms with E-state index in [4.69, 9.17) is 4.55 Å². The molecule has 0 aromatic heterocycles. The fourth-order valence-electron chi connectivity index (χ4n) is 1.17. The summed E-state index contributed by atoms with van der Waals surface area (Å²) in [7, 11) is -9.01. The second kappa shape index (κ2) is 5.03. The second-order valence-electron chi connectivity index (χ2n) is 3.13. The third-order valence-electron chi connectivity index (χ3n) is 1.86. The Morgan fingerprint density at radius 2 is 1.83 bits per heavy atom. The zero-order chi connectivity index (χ0) is 14.1. The summed E-state index contributed by atoms with van der Waals surface area (Å²) in [4.78, 5) is -1.03. The van der Waals surface area contributed by atoms with Crippen LogP contribution in [0.4, 0.5) is 0 Å². The van der Waals surface area contributed by atoms with Crippen molar-refractivity contribution in [1.82, 2.24) is 0 Å². The molecule has 1 N–H and O–H groups in total. The first-order chi connectivity index (χ1) is 8.04. The highest BCUT2D eigenvalue weighted by Gasteiger charge is 2.21. The standard InChI is InChI=1S/C7H8O8S3/c1-5-4-6(17(10,11)12)2-3-7(5)18(13,14)15-16(8)9/h2-4H,1H3,(H,8,9)(H,10,11,12)/p-1. The summed E-state index contributed by atoms with van der Waals surface area (Å²) >= 11 is -3.27. The average molecular weight is 315 g/mol. The number of hydrogen-bond acceptors (Lipinski definition) is 7. The summed E-state index contributed by atoms with van der Waals surface area (Å²) < 4.78 is 77.2. The largest absolute Gasteiger partial charge is 0.749 e. The number of rotatable bonds is 4. The predicted octanol–water partition coefficient (Wildman–Crippen LogP) is -0.259. The molecular formula is C7H7O8S3-. The Bertz CT molecular complexity index is 687. The summed E-state index contributed by atoms with van der Waals surface area (Å²) in [6, 6.07) is 2.51. The lowest BCUT2D eigenvalue weighted by atomic mass is 10.2. The first-order valence-electron chi connectivity index (χ1n) is 4.16. The molecule has 0 saturated carbocycles. The molecule has 0 aliphatic rings. The van der Waals surface area contributed by atoms with Gasteiger partial charge in [-0.3, -0.25) is 4.55 Å². The van der Waals surface area contributed by atoms with Crippen LogP contribution in [-0.2, 0) is 35.2 Å². The van der Waals surface area contributed by atoms with Gasteiger partial charge in [-0.15, -0.1) is 0 Å². The second-order valence-corrected chi connectivity index (χ2v) is 6.85. The number of hydrogen-bond donors (Lipinski definition) is 1. The van der Waals surface area contributed by atoms with E-state index in [0.29, 0.717) is 0 Å². The van der Waals surface area contributed by atoms with Crippen molar-refractivity contribution in [3.8, 4) is 0 Å². The van der Waals surface area contributed by atoms with Gasteiger partial charge < -0.3 is 4.55 Å². The van der Waals surface area contributed by atoms with Crippen molar-refractivity contribution < 1.29 is 33.8 Å². The van der Waals surface area contributed by atoms with E-state index in [1.807, 2.05) is 0 Å². The van der Waals surface area contributed by atoms with Gasteiger partial charge in [-0.1, -0.05) is 0 Å². The fraction of sp³-hybridized carbons (Fsp3) is 0.143. The number of aryl methyl sites for hydroxylation is 1. The molecule has 1 unspecified atom stereocenters. The average Bonchev–Trinajstić information content (AvgIpc) is 2.13. The van der Waals surface area contributed by atoms with Gasteiger partial charge in [0.25, 0.3) is 10.1 Å². The van der Waals surface area contributed by atoms with Crippen LogP contribution in [0.25, 0.3) is 0 Å². The number of benzene rings is 1. The van der Waals surface area contributed by atoms with Gasteiger partial charge in [-0.05, 0) is 30.7 Å². The minimum atomic E-state index is -4.54. The molecule has 1 rings (SSSR count). The van der Waals surface area contributed by atoms with Gasteiger partial charge in [-0.25, -0.2) is 4.21 Å². The van der Waals surface area contributed by atoms with Crippen LogP contribution in [0.1, 0.15) is 5.56 Å². The monoisotopic (exact) mass is 315 g/mol. The Labute approximate surface area is 106 Å². The highest BCUT2D eigenvalue weighted by molar-refractivity contribution is 7.95. The van der Waals surface area contributed by atoms with Crippen LogP contribution in [0.3, 0.4) is 0 Å². The van der Waals surface area contributed by atoms with E-state index in [0.717, 1.165) is 18.2 Å². The Hall–Kier alpha value is -0.850. The zero-order valence-corrected chi connectivity index (χ0v) is 11.2. The van der Waals surface area contributed by atoms with E-state index < -0.39 is 41.4 Å². The quantitative estimate of drug-likeness (QED) is 0.592. The van der Waals surface area contributed by atoms with Crippen LogP contribution in [-0.4, -0.2) is 30.1 Å². The van der Waals surface area contributed by atoms with Crippen molar-refractivity contribution >= 4 is 31.6 Å². The lowest BCUT2D eigenvalue weighted by molar-refractivity contribution is 0.429. The van der Waals surface area contributed by atoms with Gasteiger partial charge in [-0.2, -0.15) is 20.5 Å². The van der Waals surface area contributed by atoms with Crippen molar-refractivity contribution in [2.24, 2.45) is 0 Å². The van der Waals surface area contributed by atoms with Crippen LogP contribution in [0.15, 0.2) is 28.0 Å². The molecule has 0 radical (unpaired) electrons. The maximum Gasteiger partial charge on any atom is 0.309 e. The molecule has 0 spiro atoms. The van der Waals surface area contributed by atoms with E-state index in [9.17, 15) is 25.6 Å². The topological polar surface area (TPSA) is 138 Å². The molecule has 1 aromatic carbocycles. The molecule has 8 nitrogen and oxygen atoms in total. The minimum Gasteiger partial charge on any atom is -0.749 e. The first-order valence-corrected chi connectivity index (χ1v) is 8.01. The third-order valence-corrected chi connectivity index (χ3v) is 4.87. The van der Waals surface area contributed by atoms with Crippen molar-refractivity contribution in [2.75, 3.05) is 0 Å². The molecule has 11 heteroatoms. The highest BCUT2D eigenvalue weighted by atomic mass is 32.3. The molecule has 0 heterocycles. The Morgan fingerprint density at radius 1 is 1.28 bits per heavy atom. The lowest BCUT2D eigenvalue weighted by Crippen LogP contribution is -2.10. The fourth-order valence-corrected chi connectivity index (χ4v) is 3.30. The van der Waals surface area contributed by atoms with E-state index in [1.165, 1.54) is 6.92 Å². The van der Waals surface area contributed by atoms with Gasteiger partial charge in [0.15, 0.2) is 0 Å². The van der Waals surface area contributed by atoms with Crippen LogP contribution in [0.5, 0.6) is 0 Å². The van der Waals surface area contributed by atoms with Crippen molar-refractivity contribution in [3.63, 3.8) is 0 Å². The first kappa shape index (κ1) is 15.2. The smallest absolute Gasteiger partial charge is 0.309 e. The van der Waals surface area contributed by atoms with Crippen LogP contribution in [0.2, 0.25) is 0 Å². The Morgan fingerprint density at radius 3 is 2.22 bits per heavy atom. The molecule has 0 bridgehead atoms. The molecule has 0 aliphatic heterocycles. The molecule has 18 heavy (non-hydrogen) atoms. The van der Waals surface area contributed by atoms with Gasteiger partial charge in [0.05, 0.1) is 9.79 Å². The molecule has 0 aliphatic carbocycles. The normalized spacial score (nSPS) is 14.4. The van der Waals surface area contributed by atoms with Gasteiger partial charge in [0.1, 0.15) is 11.4 Å². The van der Waals surface area contributed by atoms with E-state index in [2.05, 4.69) is 3.63 Å². The van der Waals surface area contributed by atoms with E-state index in [-0.39, 0.29) is 5.56 Å². The highest BCUT2D eigenvalue weighted by Crippen LogP contribution is 2.21. The lowest BCUT2D eigenvalue weighted by Gasteiger charge is -2.09. The zero-order valence-electron chi connectivity index (χ0n) is 8.76. The van der Waals surface area contributed by atoms with Gasteiger partial charge >= 0.3 is 10.1 Å². The third kappa shape index (κ3) is 3.57. The summed E-state index contributed by atoms with van der Waals surface area (Å²) in [5.41, 5.74) is -0.0874. The summed E-state index contributed by atoms with van der Waals surface area (Å²) in [5.74, 6) is 0. The Kier molecular flexibility index (Phi) is 4.25. The summed E-state index contributed by atoms with van der Waals surface area (Å²) in [6.45, 7) is 1.22. The minimum absolute atomic E-state index is 0.0874. The van der Waals surface area contributed by atoms with Gasteiger partial charge in [0.2, 0.25) is 0 Å². The molecule has 0 amide bonds. The van der Waals surface area contributed by atoms with Crippen molar-refractivity contribution in [3.05, 3.63) is 23.8 Å². The SMILES string of the molecule is Cc1cc(S(=O)(=O)O)ccc1S(=O)(=O)OS(=O)[O-]. The molecule has 1 aromatic rings. The van der Waals surface area contributed by atoms with E-state index >= 15 is 0 Å². The van der Waals surface area contributed by atoms with E-state index in [1.54, 1.807) is 0 Å². The van der Waals surface area contributed by atoms with Gasteiger partial charge in [0, 0.05) is 0 Å². The molecule has 0 fully saturated rings.